The fourth-order valence-electron chi connectivity index (χ4n) is 4.20. The largest absolute Gasteiger partial charge is 0.466 e. The lowest BCUT2D eigenvalue weighted by Crippen LogP contribution is -2.41. The van der Waals surface area contributed by atoms with Crippen molar-refractivity contribution in [2.24, 2.45) is 0 Å². The molecule has 32 heavy (non-hydrogen) atoms. The summed E-state index contributed by atoms with van der Waals surface area (Å²) >= 11 is 0. The Balaban J connectivity index is 2.25. The highest BCUT2D eigenvalue weighted by atomic mass is 16.5. The summed E-state index contributed by atoms with van der Waals surface area (Å²) in [5, 5.41) is 0. The number of carbonyl (C=O) groups excluding carboxylic acids is 4. The average Bonchev–Trinajstić information content (AvgIpc) is 3.36. The van der Waals surface area contributed by atoms with Crippen LogP contribution in [-0.2, 0) is 30.3 Å². The third kappa shape index (κ3) is 5.97. The lowest BCUT2D eigenvalue weighted by molar-refractivity contribution is -0.145. The van der Waals surface area contributed by atoms with Crippen LogP contribution >= 0.6 is 0 Å². The number of rotatable bonds is 11. The molecular formula is C23H34N2O7. The van der Waals surface area contributed by atoms with E-state index in [1.165, 1.54) is 12.0 Å². The third-order valence-corrected chi connectivity index (χ3v) is 5.72. The van der Waals surface area contributed by atoms with E-state index >= 15 is 0 Å². The molecule has 1 atom stereocenters. The number of methoxy groups -OCH3 is 1. The molecule has 9 heteroatoms. The lowest BCUT2D eigenvalue weighted by Gasteiger charge is -2.25. The first-order valence-electron chi connectivity index (χ1n) is 11.1. The van der Waals surface area contributed by atoms with Gasteiger partial charge in [-0.05, 0) is 46.1 Å². The topological polar surface area (TPSA) is 104 Å². The minimum atomic E-state index is -0.506. The summed E-state index contributed by atoms with van der Waals surface area (Å²) in [5.41, 5.74) is 1.96. The molecule has 178 valence electrons. The van der Waals surface area contributed by atoms with Gasteiger partial charge in [0.1, 0.15) is 5.69 Å². The predicted octanol–water partition coefficient (Wildman–Crippen LogP) is 2.45. The van der Waals surface area contributed by atoms with Crippen LogP contribution in [0, 0.1) is 13.8 Å². The Morgan fingerprint density at radius 3 is 2.44 bits per heavy atom. The number of nitrogens with zero attached hydrogens (tertiary/aromatic N) is 2. The first kappa shape index (κ1) is 25.6. The van der Waals surface area contributed by atoms with Crippen LogP contribution < -0.4 is 0 Å². The second-order valence-electron chi connectivity index (χ2n) is 7.81. The van der Waals surface area contributed by atoms with Gasteiger partial charge in [0, 0.05) is 37.4 Å². The van der Waals surface area contributed by atoms with E-state index in [2.05, 4.69) is 0 Å². The van der Waals surface area contributed by atoms with Gasteiger partial charge in [-0.3, -0.25) is 14.4 Å². The molecule has 0 radical (unpaired) electrons. The molecule has 1 aromatic heterocycles. The number of aromatic nitrogens is 1. The molecular weight excluding hydrogens is 416 g/mol. The van der Waals surface area contributed by atoms with Crippen molar-refractivity contribution in [1.82, 2.24) is 9.47 Å². The molecule has 1 aliphatic rings. The van der Waals surface area contributed by atoms with E-state index in [1.807, 2.05) is 6.92 Å². The predicted molar refractivity (Wildman–Crippen MR) is 117 cm³/mol. The van der Waals surface area contributed by atoms with Crippen LogP contribution in [0.3, 0.4) is 0 Å². The maximum Gasteiger partial charge on any atom is 0.354 e. The molecule has 2 rings (SSSR count). The monoisotopic (exact) mass is 450 g/mol. The van der Waals surface area contributed by atoms with Crippen molar-refractivity contribution >= 4 is 23.6 Å². The Morgan fingerprint density at radius 1 is 1.16 bits per heavy atom. The maximum absolute atomic E-state index is 13.3. The van der Waals surface area contributed by atoms with Gasteiger partial charge in [-0.25, -0.2) is 4.79 Å². The molecule has 2 heterocycles. The quantitative estimate of drug-likeness (QED) is 0.377. The van der Waals surface area contributed by atoms with Gasteiger partial charge in [0.05, 0.1) is 32.8 Å². The van der Waals surface area contributed by atoms with Gasteiger partial charge < -0.3 is 23.7 Å². The van der Waals surface area contributed by atoms with Crippen molar-refractivity contribution in [3.8, 4) is 0 Å². The molecule has 9 nitrogen and oxygen atoms in total. The van der Waals surface area contributed by atoms with Gasteiger partial charge >= 0.3 is 11.9 Å². The summed E-state index contributed by atoms with van der Waals surface area (Å²) in [6.45, 7) is 8.59. The van der Waals surface area contributed by atoms with Crippen LogP contribution in [0.4, 0.5) is 0 Å². The van der Waals surface area contributed by atoms with Crippen molar-refractivity contribution in [3.05, 3.63) is 22.5 Å². The molecule has 0 bridgehead atoms. The molecule has 1 aliphatic heterocycles. The van der Waals surface area contributed by atoms with Crippen molar-refractivity contribution in [2.75, 3.05) is 33.4 Å². The van der Waals surface area contributed by atoms with E-state index in [0.717, 1.165) is 12.8 Å². The summed E-state index contributed by atoms with van der Waals surface area (Å²) in [6.07, 6.45) is 1.50. The van der Waals surface area contributed by atoms with Crippen LogP contribution in [0.25, 0.3) is 0 Å². The zero-order chi connectivity index (χ0) is 23.8. The number of carbonyl (C=O) groups is 4. The maximum atomic E-state index is 13.3. The fourth-order valence-corrected chi connectivity index (χ4v) is 4.20. The summed E-state index contributed by atoms with van der Waals surface area (Å²) in [7, 11) is 1.30. The van der Waals surface area contributed by atoms with Crippen LogP contribution in [0.5, 0.6) is 0 Å². The molecule has 1 saturated heterocycles. The van der Waals surface area contributed by atoms with E-state index in [9.17, 15) is 19.2 Å². The third-order valence-electron chi connectivity index (χ3n) is 5.72. The minimum absolute atomic E-state index is 0.0415. The van der Waals surface area contributed by atoms with Crippen molar-refractivity contribution in [1.29, 1.82) is 0 Å². The molecule has 0 N–H and O–H groups in total. The highest BCUT2D eigenvalue weighted by molar-refractivity contribution is 6.04. The Bertz CT molecular complexity index is 853. The van der Waals surface area contributed by atoms with Gasteiger partial charge in [-0.1, -0.05) is 0 Å². The van der Waals surface area contributed by atoms with E-state index in [-0.39, 0.29) is 50.3 Å². The number of Topliss-reactive ketones (excluding diaryl/α,β-unsaturated/α-hetero) is 1. The number of hydrogen-bond acceptors (Lipinski definition) is 7. The summed E-state index contributed by atoms with van der Waals surface area (Å²) in [4.78, 5) is 51.6. The Labute approximate surface area is 189 Å². The second-order valence-corrected chi connectivity index (χ2v) is 7.81. The number of amides is 1. The van der Waals surface area contributed by atoms with E-state index in [4.69, 9.17) is 14.2 Å². The summed E-state index contributed by atoms with van der Waals surface area (Å²) in [5.74, 6) is -1.52. The molecule has 0 spiro atoms. The first-order chi connectivity index (χ1) is 15.2. The van der Waals surface area contributed by atoms with E-state index in [0.29, 0.717) is 35.7 Å². The Hall–Kier alpha value is -2.68. The normalized spacial score (nSPS) is 15.5. The summed E-state index contributed by atoms with van der Waals surface area (Å²) < 4.78 is 17.2. The highest BCUT2D eigenvalue weighted by Crippen LogP contribution is 2.24. The lowest BCUT2D eigenvalue weighted by atomic mass is 10.0. The molecule has 1 unspecified atom stereocenters. The van der Waals surface area contributed by atoms with Gasteiger partial charge in [0.15, 0.2) is 5.78 Å². The zero-order valence-corrected chi connectivity index (χ0v) is 19.7. The number of hydrogen-bond donors (Lipinski definition) is 0. The van der Waals surface area contributed by atoms with Crippen molar-refractivity contribution < 1.29 is 33.4 Å². The first-order valence-corrected chi connectivity index (χ1v) is 11.1. The number of ketones is 1. The average molecular weight is 451 g/mol. The number of ether oxygens (including phenoxy) is 3. The number of esters is 2. The highest BCUT2D eigenvalue weighted by Gasteiger charge is 2.30. The Morgan fingerprint density at radius 2 is 1.88 bits per heavy atom. The van der Waals surface area contributed by atoms with Crippen LogP contribution in [0.15, 0.2) is 0 Å². The van der Waals surface area contributed by atoms with Crippen molar-refractivity contribution in [3.63, 3.8) is 0 Å². The standard InChI is InChI=1S/C23H34N2O7/c1-6-25-16(4)21(15(3)22(25)23(29)30-5)18(26)14-24(13-17-9-8-12-32-17)19(27)10-11-20(28)31-7-2/h17H,6-14H2,1-5H3. The molecule has 0 aliphatic carbocycles. The van der Waals surface area contributed by atoms with Gasteiger partial charge in [0.25, 0.3) is 0 Å². The molecule has 1 aromatic rings. The van der Waals surface area contributed by atoms with Crippen LogP contribution in [0.1, 0.15) is 71.6 Å². The second kappa shape index (κ2) is 11.8. The van der Waals surface area contributed by atoms with Gasteiger partial charge in [-0.15, -0.1) is 0 Å². The zero-order valence-electron chi connectivity index (χ0n) is 19.7. The molecule has 0 saturated carbocycles. The smallest absolute Gasteiger partial charge is 0.354 e. The van der Waals surface area contributed by atoms with E-state index < -0.39 is 11.9 Å². The fraction of sp³-hybridized carbons (Fsp3) is 0.652. The molecule has 0 aromatic carbocycles. The van der Waals surface area contributed by atoms with Gasteiger partial charge in [0.2, 0.25) is 5.91 Å². The van der Waals surface area contributed by atoms with E-state index in [1.54, 1.807) is 25.3 Å². The molecule has 1 amide bonds. The van der Waals surface area contributed by atoms with Crippen LogP contribution in [-0.4, -0.2) is 72.6 Å². The van der Waals surface area contributed by atoms with Crippen LogP contribution in [0.2, 0.25) is 0 Å². The Kier molecular flexibility index (Phi) is 9.43. The van der Waals surface area contributed by atoms with Gasteiger partial charge in [-0.2, -0.15) is 0 Å². The SMILES string of the molecule is CCOC(=O)CCC(=O)N(CC(=O)c1c(C)c(C(=O)OC)n(CC)c1C)CC1CCCO1. The summed E-state index contributed by atoms with van der Waals surface area (Å²) in [6, 6.07) is 0. The minimum Gasteiger partial charge on any atom is -0.466 e. The van der Waals surface area contributed by atoms with Crippen molar-refractivity contribution in [2.45, 2.75) is 66.0 Å². The molecule has 1 fully saturated rings.